The Kier molecular flexibility index (Phi) is 5.45. The van der Waals surface area contributed by atoms with E-state index >= 15 is 0 Å². The molecule has 31 heavy (non-hydrogen) atoms. The van der Waals surface area contributed by atoms with Crippen molar-refractivity contribution in [2.24, 2.45) is 0 Å². The minimum absolute atomic E-state index is 0.0991. The summed E-state index contributed by atoms with van der Waals surface area (Å²) in [5.74, 6) is 1.38. The van der Waals surface area contributed by atoms with Gasteiger partial charge in [-0.15, -0.1) is 0 Å². The van der Waals surface area contributed by atoms with E-state index in [1.807, 2.05) is 19.1 Å². The molecule has 0 bridgehead atoms. The standard InChI is InChI=1S/C25H20O6/c1-15-4-6-17(7-5-15)25(27)31-20-12-13-21-22(14-20)29-16(2)24(23(21)26)30-19-10-8-18(28-3)9-11-19/h4-14H,1-3H3. The van der Waals surface area contributed by atoms with Gasteiger partial charge in [-0.3, -0.25) is 4.79 Å². The van der Waals surface area contributed by atoms with Crippen LogP contribution >= 0.6 is 0 Å². The van der Waals surface area contributed by atoms with Gasteiger partial charge >= 0.3 is 5.97 Å². The van der Waals surface area contributed by atoms with Crippen LogP contribution in [-0.2, 0) is 0 Å². The molecule has 0 radical (unpaired) electrons. The van der Waals surface area contributed by atoms with E-state index in [0.29, 0.717) is 33.8 Å². The van der Waals surface area contributed by atoms with E-state index in [-0.39, 0.29) is 16.9 Å². The lowest BCUT2D eigenvalue weighted by Crippen LogP contribution is -2.10. The summed E-state index contributed by atoms with van der Waals surface area (Å²) >= 11 is 0. The highest BCUT2D eigenvalue weighted by Crippen LogP contribution is 2.28. The molecule has 0 spiro atoms. The number of carbonyl (C=O) groups is 1. The van der Waals surface area contributed by atoms with Crippen LogP contribution in [0, 0.1) is 13.8 Å². The third-order valence-electron chi connectivity index (χ3n) is 4.76. The topological polar surface area (TPSA) is 75.0 Å². The zero-order valence-electron chi connectivity index (χ0n) is 17.3. The second-order valence-electron chi connectivity index (χ2n) is 7.01. The summed E-state index contributed by atoms with van der Waals surface area (Å²) in [7, 11) is 1.57. The van der Waals surface area contributed by atoms with E-state index in [2.05, 4.69) is 0 Å². The Labute approximate surface area is 178 Å². The minimum atomic E-state index is -0.488. The summed E-state index contributed by atoms with van der Waals surface area (Å²) in [6, 6.07) is 18.6. The number of aryl methyl sites for hydroxylation is 2. The number of fused-ring (bicyclic) bond motifs is 1. The number of carbonyl (C=O) groups excluding carboxylic acids is 1. The quantitative estimate of drug-likeness (QED) is 0.319. The van der Waals surface area contributed by atoms with Gasteiger partial charge in [0.25, 0.3) is 0 Å². The maximum Gasteiger partial charge on any atom is 0.343 e. The minimum Gasteiger partial charge on any atom is -0.497 e. The number of hydrogen-bond donors (Lipinski definition) is 0. The van der Waals surface area contributed by atoms with E-state index < -0.39 is 5.97 Å². The van der Waals surface area contributed by atoms with Crippen LogP contribution in [0.3, 0.4) is 0 Å². The van der Waals surface area contributed by atoms with E-state index in [1.165, 1.54) is 6.07 Å². The molecule has 1 aromatic heterocycles. The highest BCUT2D eigenvalue weighted by Gasteiger charge is 2.16. The monoisotopic (exact) mass is 416 g/mol. The number of ether oxygens (including phenoxy) is 3. The third-order valence-corrected chi connectivity index (χ3v) is 4.76. The molecular formula is C25H20O6. The average Bonchev–Trinajstić information content (AvgIpc) is 2.77. The summed E-state index contributed by atoms with van der Waals surface area (Å²) in [4.78, 5) is 25.3. The van der Waals surface area contributed by atoms with Crippen molar-refractivity contribution in [2.45, 2.75) is 13.8 Å². The summed E-state index contributed by atoms with van der Waals surface area (Å²) in [5, 5.41) is 0.323. The average molecular weight is 416 g/mol. The fraction of sp³-hybridized carbons (Fsp3) is 0.120. The summed E-state index contributed by atoms with van der Waals surface area (Å²) in [6.07, 6.45) is 0. The van der Waals surface area contributed by atoms with Crippen molar-refractivity contribution in [3.8, 4) is 23.0 Å². The Morgan fingerprint density at radius 1 is 0.839 bits per heavy atom. The lowest BCUT2D eigenvalue weighted by Gasteiger charge is -2.10. The van der Waals surface area contributed by atoms with Crippen LogP contribution in [0.15, 0.2) is 75.9 Å². The first-order valence-corrected chi connectivity index (χ1v) is 9.63. The van der Waals surface area contributed by atoms with Crippen LogP contribution in [0.1, 0.15) is 21.7 Å². The first kappa shape index (κ1) is 20.2. The van der Waals surface area contributed by atoms with Crippen molar-refractivity contribution < 1.29 is 23.4 Å². The lowest BCUT2D eigenvalue weighted by molar-refractivity contribution is 0.0735. The maximum absolute atomic E-state index is 12.9. The van der Waals surface area contributed by atoms with Gasteiger partial charge in [0, 0.05) is 6.07 Å². The highest BCUT2D eigenvalue weighted by molar-refractivity contribution is 5.91. The number of rotatable bonds is 5. The van der Waals surface area contributed by atoms with E-state index in [4.69, 9.17) is 18.6 Å². The molecule has 0 aliphatic rings. The van der Waals surface area contributed by atoms with Gasteiger partial charge in [0.15, 0.2) is 0 Å². The van der Waals surface area contributed by atoms with Crippen molar-refractivity contribution in [3.63, 3.8) is 0 Å². The summed E-state index contributed by atoms with van der Waals surface area (Å²) in [5.41, 5.74) is 1.48. The molecule has 0 aliphatic heterocycles. The number of esters is 1. The zero-order valence-corrected chi connectivity index (χ0v) is 17.3. The van der Waals surface area contributed by atoms with Crippen LogP contribution < -0.4 is 19.6 Å². The van der Waals surface area contributed by atoms with Crippen molar-refractivity contribution >= 4 is 16.9 Å². The van der Waals surface area contributed by atoms with Gasteiger partial charge in [0.05, 0.1) is 18.1 Å². The Balaban J connectivity index is 1.62. The van der Waals surface area contributed by atoms with Crippen molar-refractivity contribution in [2.75, 3.05) is 7.11 Å². The molecule has 6 nitrogen and oxygen atoms in total. The normalized spacial score (nSPS) is 10.7. The highest BCUT2D eigenvalue weighted by atomic mass is 16.5. The number of methoxy groups -OCH3 is 1. The molecule has 0 atom stereocenters. The van der Waals surface area contributed by atoms with Gasteiger partial charge in [-0.25, -0.2) is 4.79 Å². The SMILES string of the molecule is COc1ccc(Oc2c(C)oc3cc(OC(=O)c4ccc(C)cc4)ccc3c2=O)cc1. The number of hydrogen-bond acceptors (Lipinski definition) is 6. The first-order chi connectivity index (χ1) is 14.9. The fourth-order valence-electron chi connectivity index (χ4n) is 3.07. The van der Waals surface area contributed by atoms with Gasteiger partial charge in [0.1, 0.15) is 28.6 Å². The second kappa shape index (κ2) is 8.36. The number of benzene rings is 3. The van der Waals surface area contributed by atoms with Gasteiger partial charge in [-0.05, 0) is 62.4 Å². The maximum atomic E-state index is 12.9. The van der Waals surface area contributed by atoms with Crippen LogP contribution in [0.25, 0.3) is 11.0 Å². The largest absolute Gasteiger partial charge is 0.497 e. The molecule has 6 heteroatoms. The lowest BCUT2D eigenvalue weighted by atomic mass is 10.1. The summed E-state index contributed by atoms with van der Waals surface area (Å²) in [6.45, 7) is 3.58. The smallest absolute Gasteiger partial charge is 0.343 e. The van der Waals surface area contributed by atoms with Gasteiger partial charge in [-0.2, -0.15) is 0 Å². The molecule has 3 aromatic carbocycles. The predicted octanol–water partition coefficient (Wildman–Crippen LogP) is 5.43. The molecule has 4 aromatic rings. The summed E-state index contributed by atoms with van der Waals surface area (Å²) < 4.78 is 22.1. The molecule has 0 saturated heterocycles. The molecule has 0 N–H and O–H groups in total. The molecule has 0 aliphatic carbocycles. The molecule has 0 saturated carbocycles. The Bertz CT molecular complexity index is 1300. The zero-order chi connectivity index (χ0) is 22.0. The molecule has 0 unspecified atom stereocenters. The van der Waals surface area contributed by atoms with E-state index in [0.717, 1.165) is 5.56 Å². The van der Waals surface area contributed by atoms with Crippen molar-refractivity contribution in [1.29, 1.82) is 0 Å². The Hall–Kier alpha value is -4.06. The van der Waals surface area contributed by atoms with Crippen LogP contribution in [0.4, 0.5) is 0 Å². The Morgan fingerprint density at radius 2 is 1.48 bits per heavy atom. The molecule has 1 heterocycles. The second-order valence-corrected chi connectivity index (χ2v) is 7.01. The van der Waals surface area contributed by atoms with E-state index in [1.54, 1.807) is 62.6 Å². The van der Waals surface area contributed by atoms with Crippen molar-refractivity contribution in [3.05, 3.63) is 93.8 Å². The molecule has 0 fully saturated rings. The van der Waals surface area contributed by atoms with Crippen LogP contribution in [-0.4, -0.2) is 13.1 Å². The fourth-order valence-corrected chi connectivity index (χ4v) is 3.07. The molecular weight excluding hydrogens is 396 g/mol. The van der Waals surface area contributed by atoms with Gasteiger partial charge in [-0.1, -0.05) is 17.7 Å². The molecule has 0 amide bonds. The van der Waals surface area contributed by atoms with Gasteiger partial charge in [0.2, 0.25) is 11.2 Å². The van der Waals surface area contributed by atoms with Crippen LogP contribution in [0.2, 0.25) is 0 Å². The van der Waals surface area contributed by atoms with Crippen molar-refractivity contribution in [1.82, 2.24) is 0 Å². The molecule has 4 rings (SSSR count). The predicted molar refractivity (Wildman–Crippen MR) is 116 cm³/mol. The molecule has 156 valence electrons. The van der Waals surface area contributed by atoms with Crippen LogP contribution in [0.5, 0.6) is 23.0 Å². The Morgan fingerprint density at radius 3 is 2.16 bits per heavy atom. The van der Waals surface area contributed by atoms with E-state index in [9.17, 15) is 9.59 Å². The first-order valence-electron chi connectivity index (χ1n) is 9.63. The van der Waals surface area contributed by atoms with Gasteiger partial charge < -0.3 is 18.6 Å². The third kappa shape index (κ3) is 4.28.